The Bertz CT molecular complexity index is 1060. The van der Waals surface area contributed by atoms with Gasteiger partial charge in [0.05, 0.1) is 5.52 Å². The van der Waals surface area contributed by atoms with Crippen molar-refractivity contribution in [2.24, 2.45) is 0 Å². The highest BCUT2D eigenvalue weighted by atomic mass is 16.5. The Morgan fingerprint density at radius 1 is 1.06 bits per heavy atom. The van der Waals surface area contributed by atoms with Crippen molar-refractivity contribution in [3.05, 3.63) is 65.5 Å². The standard InChI is InChI=1S/C25H30N4O2/c1-18-4-3-5-20(14-18)25(9-12-31-13-10-25)16-27-23(30)8-11-26-24-21-15-19(2)6-7-22(21)28-17-29-24/h3-7,14-15,17H,8-13,16H2,1-2H3,(H,27,30)(H,26,28,29). The molecular formula is C25H30N4O2. The molecule has 1 aliphatic heterocycles. The lowest BCUT2D eigenvalue weighted by Gasteiger charge is -2.38. The van der Waals surface area contributed by atoms with Crippen molar-refractivity contribution in [3.8, 4) is 0 Å². The van der Waals surface area contributed by atoms with E-state index in [1.165, 1.54) is 11.1 Å². The number of hydrogen-bond acceptors (Lipinski definition) is 5. The second kappa shape index (κ2) is 9.43. The Morgan fingerprint density at radius 3 is 2.68 bits per heavy atom. The second-order valence-electron chi connectivity index (χ2n) is 8.46. The van der Waals surface area contributed by atoms with Crippen molar-refractivity contribution in [3.63, 3.8) is 0 Å². The normalized spacial score (nSPS) is 15.5. The van der Waals surface area contributed by atoms with Gasteiger partial charge in [-0.2, -0.15) is 0 Å². The highest BCUT2D eigenvalue weighted by molar-refractivity contribution is 5.89. The number of nitrogens with zero attached hydrogens (tertiary/aromatic N) is 2. The Hall–Kier alpha value is -2.99. The fraction of sp³-hybridized carbons (Fsp3) is 0.400. The maximum Gasteiger partial charge on any atom is 0.221 e. The van der Waals surface area contributed by atoms with E-state index in [2.05, 4.69) is 57.9 Å². The Balaban J connectivity index is 1.36. The zero-order valence-corrected chi connectivity index (χ0v) is 18.3. The Kier molecular flexibility index (Phi) is 6.47. The minimum absolute atomic E-state index is 0.0422. The van der Waals surface area contributed by atoms with Crippen molar-refractivity contribution in [1.29, 1.82) is 0 Å². The number of aryl methyl sites for hydroxylation is 2. The number of nitrogens with one attached hydrogen (secondary N) is 2. The zero-order chi connectivity index (χ0) is 21.7. The highest BCUT2D eigenvalue weighted by Gasteiger charge is 2.34. The Morgan fingerprint density at radius 2 is 1.87 bits per heavy atom. The monoisotopic (exact) mass is 418 g/mol. The van der Waals surface area contributed by atoms with Gasteiger partial charge in [-0.3, -0.25) is 4.79 Å². The number of rotatable bonds is 7. The lowest BCUT2D eigenvalue weighted by molar-refractivity contribution is -0.121. The Labute approximate surface area is 183 Å². The van der Waals surface area contributed by atoms with E-state index in [9.17, 15) is 4.79 Å². The molecule has 1 amide bonds. The summed E-state index contributed by atoms with van der Waals surface area (Å²) in [5, 5.41) is 7.45. The van der Waals surface area contributed by atoms with Crippen LogP contribution in [0, 0.1) is 13.8 Å². The molecule has 162 valence electrons. The van der Waals surface area contributed by atoms with Gasteiger partial charge in [0, 0.05) is 43.5 Å². The SMILES string of the molecule is Cc1cccc(C2(CNC(=O)CCNc3ncnc4ccc(C)cc34)CCOCC2)c1. The van der Waals surface area contributed by atoms with E-state index in [0.717, 1.165) is 48.3 Å². The lowest BCUT2D eigenvalue weighted by Crippen LogP contribution is -2.44. The van der Waals surface area contributed by atoms with Gasteiger partial charge in [-0.25, -0.2) is 9.97 Å². The van der Waals surface area contributed by atoms with Gasteiger partial charge in [0.2, 0.25) is 5.91 Å². The van der Waals surface area contributed by atoms with Crippen molar-refractivity contribution in [2.45, 2.75) is 38.5 Å². The summed E-state index contributed by atoms with van der Waals surface area (Å²) >= 11 is 0. The van der Waals surface area contributed by atoms with Gasteiger partial charge in [-0.15, -0.1) is 0 Å². The molecule has 0 saturated carbocycles. The topological polar surface area (TPSA) is 76.1 Å². The van der Waals surface area contributed by atoms with Crippen LogP contribution in [-0.2, 0) is 14.9 Å². The molecule has 2 heterocycles. The number of ether oxygens (including phenoxy) is 1. The maximum atomic E-state index is 12.6. The molecule has 1 aromatic heterocycles. The summed E-state index contributed by atoms with van der Waals surface area (Å²) < 4.78 is 5.61. The van der Waals surface area contributed by atoms with E-state index in [0.29, 0.717) is 19.5 Å². The minimum Gasteiger partial charge on any atom is -0.381 e. The highest BCUT2D eigenvalue weighted by Crippen LogP contribution is 2.34. The molecule has 6 heteroatoms. The molecule has 1 saturated heterocycles. The van der Waals surface area contributed by atoms with Crippen molar-refractivity contribution in [1.82, 2.24) is 15.3 Å². The fourth-order valence-corrected chi connectivity index (χ4v) is 4.27. The molecule has 0 radical (unpaired) electrons. The number of anilines is 1. The molecule has 4 rings (SSSR count). The number of benzene rings is 2. The summed E-state index contributed by atoms with van der Waals surface area (Å²) in [6.45, 7) is 6.76. The van der Waals surface area contributed by atoms with Crippen LogP contribution in [0.3, 0.4) is 0 Å². The van der Waals surface area contributed by atoms with Crippen LogP contribution in [0.5, 0.6) is 0 Å². The predicted octanol–water partition coefficient (Wildman–Crippen LogP) is 3.91. The maximum absolute atomic E-state index is 12.6. The molecule has 0 spiro atoms. The van der Waals surface area contributed by atoms with Gasteiger partial charge in [0.25, 0.3) is 0 Å². The molecule has 1 aliphatic rings. The van der Waals surface area contributed by atoms with Crippen LogP contribution in [0.15, 0.2) is 48.8 Å². The first-order valence-corrected chi connectivity index (χ1v) is 10.9. The van der Waals surface area contributed by atoms with Crippen LogP contribution in [0.4, 0.5) is 5.82 Å². The third-order valence-electron chi connectivity index (χ3n) is 6.14. The quantitative estimate of drug-likeness (QED) is 0.608. The van der Waals surface area contributed by atoms with Gasteiger partial charge in [-0.05, 0) is 44.4 Å². The summed E-state index contributed by atoms with van der Waals surface area (Å²) in [7, 11) is 0. The lowest BCUT2D eigenvalue weighted by atomic mass is 9.73. The van der Waals surface area contributed by atoms with Gasteiger partial charge in [0.15, 0.2) is 0 Å². The average Bonchev–Trinajstić information content (AvgIpc) is 2.78. The van der Waals surface area contributed by atoms with E-state index in [4.69, 9.17) is 4.74 Å². The van der Waals surface area contributed by atoms with Gasteiger partial charge >= 0.3 is 0 Å². The van der Waals surface area contributed by atoms with E-state index in [-0.39, 0.29) is 11.3 Å². The molecular weight excluding hydrogens is 388 g/mol. The molecule has 0 unspecified atom stereocenters. The van der Waals surface area contributed by atoms with Crippen molar-refractivity contribution >= 4 is 22.6 Å². The number of carbonyl (C=O) groups excluding carboxylic acids is 1. The molecule has 6 nitrogen and oxygen atoms in total. The molecule has 0 aliphatic carbocycles. The zero-order valence-electron chi connectivity index (χ0n) is 18.3. The number of carbonyl (C=O) groups is 1. The van der Waals surface area contributed by atoms with Gasteiger partial charge < -0.3 is 15.4 Å². The van der Waals surface area contributed by atoms with Crippen LogP contribution in [0.1, 0.15) is 36.0 Å². The summed E-state index contributed by atoms with van der Waals surface area (Å²) in [4.78, 5) is 21.3. The van der Waals surface area contributed by atoms with E-state index in [1.807, 2.05) is 19.1 Å². The summed E-state index contributed by atoms with van der Waals surface area (Å²) in [6.07, 6.45) is 3.77. The predicted molar refractivity (Wildman–Crippen MR) is 123 cm³/mol. The molecule has 0 atom stereocenters. The van der Waals surface area contributed by atoms with Crippen LogP contribution >= 0.6 is 0 Å². The third kappa shape index (κ3) is 5.02. The molecule has 2 N–H and O–H groups in total. The van der Waals surface area contributed by atoms with E-state index >= 15 is 0 Å². The molecule has 1 fully saturated rings. The van der Waals surface area contributed by atoms with Crippen molar-refractivity contribution in [2.75, 3.05) is 31.6 Å². The van der Waals surface area contributed by atoms with E-state index in [1.54, 1.807) is 6.33 Å². The van der Waals surface area contributed by atoms with Gasteiger partial charge in [0.1, 0.15) is 12.1 Å². The first-order valence-electron chi connectivity index (χ1n) is 10.9. The van der Waals surface area contributed by atoms with Crippen LogP contribution in [-0.4, -0.2) is 42.2 Å². The average molecular weight is 419 g/mol. The van der Waals surface area contributed by atoms with E-state index < -0.39 is 0 Å². The number of amides is 1. The molecule has 0 bridgehead atoms. The van der Waals surface area contributed by atoms with Crippen molar-refractivity contribution < 1.29 is 9.53 Å². The summed E-state index contributed by atoms with van der Waals surface area (Å²) in [5.74, 6) is 0.808. The fourth-order valence-electron chi connectivity index (χ4n) is 4.27. The first kappa shape index (κ1) is 21.2. The number of aromatic nitrogens is 2. The van der Waals surface area contributed by atoms with Crippen LogP contribution in [0.2, 0.25) is 0 Å². The minimum atomic E-state index is -0.0618. The summed E-state index contributed by atoms with van der Waals surface area (Å²) in [6, 6.07) is 14.7. The smallest absolute Gasteiger partial charge is 0.221 e. The molecule has 2 aromatic carbocycles. The largest absolute Gasteiger partial charge is 0.381 e. The van der Waals surface area contributed by atoms with Crippen LogP contribution in [0.25, 0.3) is 10.9 Å². The van der Waals surface area contributed by atoms with Gasteiger partial charge in [-0.1, -0.05) is 41.5 Å². The molecule has 3 aromatic rings. The second-order valence-corrected chi connectivity index (χ2v) is 8.46. The molecule has 31 heavy (non-hydrogen) atoms. The third-order valence-corrected chi connectivity index (χ3v) is 6.14. The van der Waals surface area contributed by atoms with Crippen LogP contribution < -0.4 is 10.6 Å². The number of hydrogen-bond donors (Lipinski definition) is 2. The summed E-state index contributed by atoms with van der Waals surface area (Å²) in [5.41, 5.74) is 4.52. The number of fused-ring (bicyclic) bond motifs is 1. The first-order chi connectivity index (χ1) is 15.1.